The molecule has 0 aliphatic heterocycles. The van der Waals surface area contributed by atoms with E-state index in [9.17, 15) is 5.11 Å². The van der Waals surface area contributed by atoms with Gasteiger partial charge < -0.3 is 9.76 Å². The third kappa shape index (κ3) is 3.90. The number of hydrogen-bond acceptors (Lipinski definition) is 2. The van der Waals surface area contributed by atoms with E-state index in [4.69, 9.17) is 4.65 Å². The maximum Gasteiger partial charge on any atom is 0.310 e. The van der Waals surface area contributed by atoms with Crippen molar-refractivity contribution in [2.24, 2.45) is 0 Å². The normalized spacial score (nSPS) is 12.6. The average Bonchev–Trinajstić information content (AvgIpc) is 3.23. The molecule has 0 bridgehead atoms. The summed E-state index contributed by atoms with van der Waals surface area (Å²) in [7, 11) is 0.390. The molecule has 5 aromatic rings. The minimum Gasteiger partial charge on any atom is -0.427 e. The van der Waals surface area contributed by atoms with Crippen molar-refractivity contribution in [3.05, 3.63) is 103 Å². The molecule has 0 aromatic heterocycles. The molecule has 0 heterocycles. The second kappa shape index (κ2) is 8.73. The molecule has 0 unspecified atom stereocenters. The van der Waals surface area contributed by atoms with Crippen molar-refractivity contribution >= 4 is 23.7 Å². The van der Waals surface area contributed by atoms with Crippen LogP contribution in [0.5, 0.6) is 0 Å². The molecule has 6 rings (SSSR count). The van der Waals surface area contributed by atoms with Crippen LogP contribution in [0, 0.1) is 0 Å². The summed E-state index contributed by atoms with van der Waals surface area (Å²) in [6.45, 7) is 7.52. The van der Waals surface area contributed by atoms with Crippen LogP contribution >= 0.6 is 0 Å². The summed E-state index contributed by atoms with van der Waals surface area (Å²) in [5, 5.41) is 13.4. The molecule has 0 atom stereocenters. The third-order valence-corrected chi connectivity index (χ3v) is 8.06. The summed E-state index contributed by atoms with van der Waals surface area (Å²) in [4.78, 5) is 0. The molecule has 0 spiro atoms. The van der Waals surface area contributed by atoms with Gasteiger partial charge in [-0.05, 0) is 88.4 Å². The Morgan fingerprint density at radius 3 is 1.76 bits per heavy atom. The van der Waals surface area contributed by atoms with Gasteiger partial charge >= 0.3 is 7.48 Å². The number of benzene rings is 5. The van der Waals surface area contributed by atoms with Crippen molar-refractivity contribution in [3.8, 4) is 44.5 Å². The van der Waals surface area contributed by atoms with Crippen LogP contribution in [0.25, 0.3) is 55.3 Å². The zero-order chi connectivity index (χ0) is 25.8. The fourth-order valence-electron chi connectivity index (χ4n) is 5.37. The van der Waals surface area contributed by atoms with Gasteiger partial charge in [0.2, 0.25) is 0 Å². The molecule has 3 heteroatoms. The minimum atomic E-state index is -0.985. The van der Waals surface area contributed by atoms with E-state index in [0.717, 1.165) is 5.46 Å². The summed E-state index contributed by atoms with van der Waals surface area (Å²) in [6, 6.07) is 36.8. The van der Waals surface area contributed by atoms with Gasteiger partial charge in [-0.2, -0.15) is 0 Å². The molecule has 37 heavy (non-hydrogen) atoms. The number of rotatable bonds is 6. The lowest BCUT2D eigenvalue weighted by molar-refractivity contribution is -0.0893. The lowest BCUT2D eigenvalue weighted by atomic mass is 9.73. The topological polar surface area (TPSA) is 29.5 Å². The zero-order valence-corrected chi connectivity index (χ0v) is 21.9. The average molecular weight is 482 g/mol. The molecule has 0 amide bonds. The number of fused-ring (bicyclic) bond motifs is 3. The van der Waals surface area contributed by atoms with Crippen molar-refractivity contribution in [1.29, 1.82) is 0 Å². The highest BCUT2D eigenvalue weighted by Gasteiger charge is 2.37. The molecule has 0 saturated carbocycles. The third-order valence-electron chi connectivity index (χ3n) is 8.06. The van der Waals surface area contributed by atoms with E-state index in [2.05, 4.69) is 103 Å². The SMILES string of the molecule is CC(C)(O)C(C)(C)OBc1cc(-c2ccccc2)c2c(c1-c1ccccc1)-c1cccc3cccc-2c13. The predicted octanol–water partition coefficient (Wildman–Crippen LogP) is 7.36. The first-order valence-electron chi connectivity index (χ1n) is 13.0. The highest BCUT2D eigenvalue weighted by molar-refractivity contribution is 6.51. The van der Waals surface area contributed by atoms with E-state index in [-0.39, 0.29) is 0 Å². The molecule has 1 aliphatic carbocycles. The van der Waals surface area contributed by atoms with E-state index in [1.165, 1.54) is 55.3 Å². The second-order valence-corrected chi connectivity index (χ2v) is 11.0. The molecule has 2 nitrogen and oxygen atoms in total. The van der Waals surface area contributed by atoms with Gasteiger partial charge in [-0.15, -0.1) is 0 Å². The van der Waals surface area contributed by atoms with Crippen LogP contribution in [0.4, 0.5) is 0 Å². The van der Waals surface area contributed by atoms with Crippen LogP contribution in [0.15, 0.2) is 103 Å². The molecule has 182 valence electrons. The Kier molecular flexibility index (Phi) is 5.60. The molecule has 0 radical (unpaired) electrons. The van der Waals surface area contributed by atoms with Crippen LogP contribution < -0.4 is 5.46 Å². The van der Waals surface area contributed by atoms with Gasteiger partial charge in [0.15, 0.2) is 0 Å². The van der Waals surface area contributed by atoms with Gasteiger partial charge in [-0.3, -0.25) is 0 Å². The first-order valence-corrected chi connectivity index (χ1v) is 13.0. The van der Waals surface area contributed by atoms with Crippen molar-refractivity contribution in [3.63, 3.8) is 0 Å². The van der Waals surface area contributed by atoms with Crippen LogP contribution in [-0.2, 0) is 4.65 Å². The summed E-state index contributed by atoms with van der Waals surface area (Å²) < 4.78 is 6.49. The quantitative estimate of drug-likeness (QED) is 0.251. The predicted molar refractivity (Wildman–Crippen MR) is 157 cm³/mol. The van der Waals surface area contributed by atoms with Gasteiger partial charge in [0.1, 0.15) is 0 Å². The van der Waals surface area contributed by atoms with Crippen LogP contribution in [0.1, 0.15) is 27.7 Å². The van der Waals surface area contributed by atoms with Crippen molar-refractivity contribution in [2.75, 3.05) is 0 Å². The van der Waals surface area contributed by atoms with Gasteiger partial charge in [0.25, 0.3) is 0 Å². The Balaban J connectivity index is 1.69. The molecule has 1 N–H and O–H groups in total. The fraction of sp³-hybridized carbons (Fsp3) is 0.176. The van der Waals surface area contributed by atoms with E-state index < -0.39 is 11.2 Å². The van der Waals surface area contributed by atoms with Gasteiger partial charge in [0, 0.05) is 0 Å². The van der Waals surface area contributed by atoms with Crippen molar-refractivity contribution < 1.29 is 9.76 Å². The van der Waals surface area contributed by atoms with Gasteiger partial charge in [0.05, 0.1) is 11.2 Å². The minimum absolute atomic E-state index is 0.390. The Labute approximate surface area is 219 Å². The Bertz CT molecular complexity index is 1610. The first kappa shape index (κ1) is 23.7. The summed E-state index contributed by atoms with van der Waals surface area (Å²) in [5.74, 6) is 0. The van der Waals surface area contributed by atoms with E-state index in [0.29, 0.717) is 7.48 Å². The zero-order valence-electron chi connectivity index (χ0n) is 21.9. The maximum atomic E-state index is 10.8. The monoisotopic (exact) mass is 482 g/mol. The Morgan fingerprint density at radius 2 is 1.16 bits per heavy atom. The molecule has 5 aromatic carbocycles. The lowest BCUT2D eigenvalue weighted by Crippen LogP contribution is -2.49. The molecule has 0 fully saturated rings. The summed E-state index contributed by atoms with van der Waals surface area (Å²) in [6.07, 6.45) is 0. The van der Waals surface area contributed by atoms with Crippen LogP contribution in [0.2, 0.25) is 0 Å². The van der Waals surface area contributed by atoms with Crippen molar-refractivity contribution in [2.45, 2.75) is 38.9 Å². The van der Waals surface area contributed by atoms with E-state index in [1.807, 2.05) is 13.8 Å². The van der Waals surface area contributed by atoms with E-state index >= 15 is 0 Å². The highest BCUT2D eigenvalue weighted by Crippen LogP contribution is 2.53. The highest BCUT2D eigenvalue weighted by atomic mass is 16.5. The van der Waals surface area contributed by atoms with Gasteiger partial charge in [-0.25, -0.2) is 0 Å². The fourth-order valence-corrected chi connectivity index (χ4v) is 5.37. The maximum absolute atomic E-state index is 10.8. The Morgan fingerprint density at radius 1 is 0.595 bits per heavy atom. The smallest absolute Gasteiger partial charge is 0.310 e. The summed E-state index contributed by atoms with van der Waals surface area (Å²) in [5.41, 5.74) is 9.26. The van der Waals surface area contributed by atoms with Crippen LogP contribution in [-0.4, -0.2) is 23.8 Å². The van der Waals surface area contributed by atoms with Crippen molar-refractivity contribution in [1.82, 2.24) is 0 Å². The Hall–Kier alpha value is -3.66. The van der Waals surface area contributed by atoms with Crippen LogP contribution in [0.3, 0.4) is 0 Å². The molecule has 0 saturated heterocycles. The molecular weight excluding hydrogens is 451 g/mol. The second-order valence-electron chi connectivity index (χ2n) is 11.0. The first-order chi connectivity index (χ1) is 17.8. The summed E-state index contributed by atoms with van der Waals surface area (Å²) >= 11 is 0. The number of aliphatic hydroxyl groups is 1. The number of hydrogen-bond donors (Lipinski definition) is 1. The van der Waals surface area contributed by atoms with E-state index in [1.54, 1.807) is 13.8 Å². The van der Waals surface area contributed by atoms with Gasteiger partial charge in [-0.1, -0.05) is 103 Å². The standard InChI is InChI=1S/C34H31BO2/c1-33(2,36)34(3,4)37-35-28-21-27(22-13-7-5-8-14-22)31-25-19-11-17-23-18-12-20-26(29(23)25)32(31)30(28)24-15-9-6-10-16-24/h5-21,35-36H,1-4H3. The largest absolute Gasteiger partial charge is 0.427 e. The lowest BCUT2D eigenvalue weighted by Gasteiger charge is -2.38. The molecular formula is C34H31BO2. The molecule has 1 aliphatic rings.